The molecule has 3 nitrogen and oxygen atoms in total. The molecule has 1 heterocycles. The fourth-order valence-corrected chi connectivity index (χ4v) is 1.22. The largest absolute Gasteiger partial charge is 0.357 e. The normalized spacial score (nSPS) is 10.2. The Morgan fingerprint density at radius 3 is 2.83 bits per heavy atom. The number of aromatic amines is 1. The number of imidazole rings is 1. The minimum Gasteiger partial charge on any atom is -0.357 e. The molecular formula is C9H17N3. The Kier molecular flexibility index (Phi) is 3.64. The summed E-state index contributed by atoms with van der Waals surface area (Å²) in [5, 5.41) is 0. The number of nitrogens with one attached hydrogen (secondary N) is 1. The lowest BCUT2D eigenvalue weighted by molar-refractivity contribution is 0.726. The molecule has 1 rings (SSSR count). The van der Waals surface area contributed by atoms with Crippen molar-refractivity contribution in [2.24, 2.45) is 0 Å². The highest BCUT2D eigenvalue weighted by Gasteiger charge is 2.02. The highest BCUT2D eigenvalue weighted by atomic mass is 15.2. The van der Waals surface area contributed by atoms with Gasteiger partial charge >= 0.3 is 0 Å². The van der Waals surface area contributed by atoms with E-state index in [1.54, 1.807) is 6.33 Å². The van der Waals surface area contributed by atoms with Crippen molar-refractivity contribution in [3.63, 3.8) is 0 Å². The number of hydrogen-bond acceptors (Lipinski definition) is 2. The topological polar surface area (TPSA) is 31.9 Å². The van der Waals surface area contributed by atoms with Crippen LogP contribution in [0.3, 0.4) is 0 Å². The molecule has 1 aromatic rings. The fourth-order valence-electron chi connectivity index (χ4n) is 1.22. The van der Waals surface area contributed by atoms with E-state index < -0.39 is 0 Å². The molecule has 68 valence electrons. The predicted molar refractivity (Wildman–Crippen MR) is 51.4 cm³/mol. The van der Waals surface area contributed by atoms with Crippen LogP contribution in [0.5, 0.6) is 0 Å². The van der Waals surface area contributed by atoms with E-state index in [1.165, 1.54) is 12.8 Å². The minimum atomic E-state index is 1.04. The maximum absolute atomic E-state index is 4.00. The first-order chi connectivity index (χ1) is 5.88. The average molecular weight is 167 g/mol. The molecule has 0 atom stereocenters. The van der Waals surface area contributed by atoms with Crippen LogP contribution in [0.25, 0.3) is 0 Å². The summed E-state index contributed by atoms with van der Waals surface area (Å²) >= 11 is 0. The number of unbranched alkanes of at least 4 members (excludes halogenated alkanes) is 1. The van der Waals surface area contributed by atoms with E-state index in [9.17, 15) is 0 Å². The van der Waals surface area contributed by atoms with Gasteiger partial charge < -0.3 is 9.88 Å². The van der Waals surface area contributed by atoms with Gasteiger partial charge in [-0.05, 0) is 13.3 Å². The first kappa shape index (κ1) is 9.10. The molecule has 1 N–H and O–H groups in total. The third-order valence-electron chi connectivity index (χ3n) is 1.99. The molecule has 3 heteroatoms. The summed E-state index contributed by atoms with van der Waals surface area (Å²) in [5.41, 5.74) is 0. The SMILES string of the molecule is CCCCN(CC)c1cnc[nH]1. The lowest BCUT2D eigenvalue weighted by Crippen LogP contribution is -2.23. The molecule has 0 spiro atoms. The maximum Gasteiger partial charge on any atom is 0.125 e. The lowest BCUT2D eigenvalue weighted by Gasteiger charge is -2.19. The number of anilines is 1. The highest BCUT2D eigenvalue weighted by molar-refractivity contribution is 5.34. The second-order valence-electron chi connectivity index (χ2n) is 2.87. The molecule has 12 heavy (non-hydrogen) atoms. The zero-order chi connectivity index (χ0) is 8.81. The van der Waals surface area contributed by atoms with Crippen molar-refractivity contribution in [2.75, 3.05) is 18.0 Å². The summed E-state index contributed by atoms with van der Waals surface area (Å²) in [6.07, 6.45) is 6.08. The molecule has 0 amide bonds. The van der Waals surface area contributed by atoms with Crippen LogP contribution in [-0.2, 0) is 0 Å². The van der Waals surface area contributed by atoms with Crippen molar-refractivity contribution in [2.45, 2.75) is 26.7 Å². The second-order valence-corrected chi connectivity index (χ2v) is 2.87. The molecule has 0 saturated carbocycles. The van der Waals surface area contributed by atoms with Gasteiger partial charge in [-0.3, -0.25) is 0 Å². The summed E-state index contributed by atoms with van der Waals surface area (Å²) in [6, 6.07) is 0. The molecule has 0 radical (unpaired) electrons. The molecule has 0 unspecified atom stereocenters. The molecule has 0 fully saturated rings. The standard InChI is InChI=1S/C9H17N3/c1-3-5-6-12(4-2)9-7-10-8-11-9/h7-8H,3-6H2,1-2H3,(H,10,11). The van der Waals surface area contributed by atoms with Gasteiger partial charge in [0.2, 0.25) is 0 Å². The summed E-state index contributed by atoms with van der Waals surface area (Å²) in [5.74, 6) is 1.13. The molecule has 0 aliphatic rings. The zero-order valence-corrected chi connectivity index (χ0v) is 7.88. The average Bonchev–Trinajstić information content (AvgIpc) is 2.59. The van der Waals surface area contributed by atoms with Crippen molar-refractivity contribution in [3.8, 4) is 0 Å². The van der Waals surface area contributed by atoms with E-state index in [0.717, 1.165) is 18.9 Å². The molecule has 0 bridgehead atoms. The Bertz CT molecular complexity index is 194. The summed E-state index contributed by atoms with van der Waals surface area (Å²) in [7, 11) is 0. The van der Waals surface area contributed by atoms with Gasteiger partial charge in [0, 0.05) is 13.1 Å². The summed E-state index contributed by atoms with van der Waals surface area (Å²) in [4.78, 5) is 9.42. The van der Waals surface area contributed by atoms with Crippen LogP contribution >= 0.6 is 0 Å². The van der Waals surface area contributed by atoms with Crippen molar-refractivity contribution in [1.82, 2.24) is 9.97 Å². The zero-order valence-electron chi connectivity index (χ0n) is 7.88. The van der Waals surface area contributed by atoms with E-state index in [-0.39, 0.29) is 0 Å². The van der Waals surface area contributed by atoms with Gasteiger partial charge in [0.1, 0.15) is 5.82 Å². The Hall–Kier alpha value is -0.990. The van der Waals surface area contributed by atoms with Crippen LogP contribution in [0.15, 0.2) is 12.5 Å². The van der Waals surface area contributed by atoms with Crippen LogP contribution in [0.1, 0.15) is 26.7 Å². The van der Waals surface area contributed by atoms with E-state index >= 15 is 0 Å². The Morgan fingerprint density at radius 1 is 1.50 bits per heavy atom. The Morgan fingerprint density at radius 2 is 2.33 bits per heavy atom. The molecule has 0 aromatic carbocycles. The Labute approximate surface area is 73.8 Å². The van der Waals surface area contributed by atoms with Gasteiger partial charge in [0.05, 0.1) is 12.5 Å². The number of H-pyrrole nitrogens is 1. The van der Waals surface area contributed by atoms with Gasteiger partial charge in [-0.15, -0.1) is 0 Å². The van der Waals surface area contributed by atoms with E-state index in [4.69, 9.17) is 0 Å². The van der Waals surface area contributed by atoms with E-state index in [2.05, 4.69) is 28.7 Å². The number of hydrogen-bond donors (Lipinski definition) is 1. The summed E-state index contributed by atoms with van der Waals surface area (Å²) in [6.45, 7) is 6.54. The van der Waals surface area contributed by atoms with Crippen molar-refractivity contribution in [1.29, 1.82) is 0 Å². The monoisotopic (exact) mass is 167 g/mol. The number of rotatable bonds is 5. The molecule has 0 aliphatic carbocycles. The van der Waals surface area contributed by atoms with Crippen molar-refractivity contribution >= 4 is 5.82 Å². The van der Waals surface area contributed by atoms with Gasteiger partial charge in [-0.1, -0.05) is 13.3 Å². The van der Waals surface area contributed by atoms with Gasteiger partial charge in [0.15, 0.2) is 0 Å². The molecule has 1 aromatic heterocycles. The van der Waals surface area contributed by atoms with Crippen LogP contribution in [0.2, 0.25) is 0 Å². The molecule has 0 saturated heterocycles. The van der Waals surface area contributed by atoms with Gasteiger partial charge in [-0.2, -0.15) is 0 Å². The van der Waals surface area contributed by atoms with Crippen molar-refractivity contribution < 1.29 is 0 Å². The van der Waals surface area contributed by atoms with Crippen LogP contribution < -0.4 is 4.90 Å². The van der Waals surface area contributed by atoms with E-state index in [0.29, 0.717) is 0 Å². The first-order valence-corrected chi connectivity index (χ1v) is 4.61. The smallest absolute Gasteiger partial charge is 0.125 e. The molecule has 0 aliphatic heterocycles. The van der Waals surface area contributed by atoms with E-state index in [1.807, 2.05) is 6.20 Å². The number of aromatic nitrogens is 2. The predicted octanol–water partition coefficient (Wildman–Crippen LogP) is 2.04. The quantitative estimate of drug-likeness (QED) is 0.727. The van der Waals surface area contributed by atoms with Crippen LogP contribution in [0.4, 0.5) is 5.82 Å². The molecular weight excluding hydrogens is 150 g/mol. The summed E-state index contributed by atoms with van der Waals surface area (Å²) < 4.78 is 0. The second kappa shape index (κ2) is 4.80. The van der Waals surface area contributed by atoms with Crippen molar-refractivity contribution in [3.05, 3.63) is 12.5 Å². The van der Waals surface area contributed by atoms with Gasteiger partial charge in [0.25, 0.3) is 0 Å². The number of nitrogens with zero attached hydrogens (tertiary/aromatic N) is 2. The minimum absolute atomic E-state index is 1.04. The first-order valence-electron chi connectivity index (χ1n) is 4.61. The van der Waals surface area contributed by atoms with Crippen LogP contribution in [0, 0.1) is 0 Å². The maximum atomic E-state index is 4.00. The fraction of sp³-hybridized carbons (Fsp3) is 0.667. The Balaban J connectivity index is 2.45. The highest BCUT2D eigenvalue weighted by Crippen LogP contribution is 2.08. The van der Waals surface area contributed by atoms with Crippen LogP contribution in [-0.4, -0.2) is 23.1 Å². The lowest BCUT2D eigenvalue weighted by atomic mass is 10.3. The van der Waals surface area contributed by atoms with Gasteiger partial charge in [-0.25, -0.2) is 4.98 Å². The third-order valence-corrected chi connectivity index (χ3v) is 1.99. The third kappa shape index (κ3) is 2.26.